The fraction of sp³-hybridized carbons (Fsp3) is 0.583. The van der Waals surface area contributed by atoms with Crippen molar-refractivity contribution >= 4 is 17.5 Å². The maximum absolute atomic E-state index is 11.2. The van der Waals surface area contributed by atoms with E-state index in [4.69, 9.17) is 0 Å². The third-order valence-corrected chi connectivity index (χ3v) is 2.18. The zero-order valence-electron chi connectivity index (χ0n) is 9.75. The Bertz CT molecular complexity index is 271. The summed E-state index contributed by atoms with van der Waals surface area (Å²) in [6, 6.07) is 0. The Balaban J connectivity index is 3.47. The van der Waals surface area contributed by atoms with Crippen LogP contribution in [0.4, 0.5) is 0 Å². The van der Waals surface area contributed by atoms with Gasteiger partial charge in [-0.15, -0.1) is 0 Å². The molecule has 4 heteroatoms. The Labute approximate surface area is 96.1 Å². The van der Waals surface area contributed by atoms with E-state index in [-0.39, 0.29) is 30.3 Å². The lowest BCUT2D eigenvalue weighted by atomic mass is 10.2. The highest BCUT2D eigenvalue weighted by Gasteiger charge is 2.04. The van der Waals surface area contributed by atoms with E-state index in [1.165, 1.54) is 6.08 Å². The van der Waals surface area contributed by atoms with Crippen LogP contribution in [0, 0.1) is 0 Å². The quantitative estimate of drug-likeness (QED) is 0.476. The number of amides is 1. The number of carbonyl (C=O) groups excluding carboxylic acids is 3. The summed E-state index contributed by atoms with van der Waals surface area (Å²) in [7, 11) is 0. The summed E-state index contributed by atoms with van der Waals surface area (Å²) in [5, 5.41) is 2.66. The molecule has 0 bridgehead atoms. The first kappa shape index (κ1) is 14.6. The van der Waals surface area contributed by atoms with Crippen molar-refractivity contribution in [3.63, 3.8) is 0 Å². The molecule has 0 atom stereocenters. The van der Waals surface area contributed by atoms with E-state index in [1.807, 2.05) is 6.92 Å². The zero-order valence-corrected chi connectivity index (χ0v) is 9.75. The van der Waals surface area contributed by atoms with E-state index in [0.717, 1.165) is 0 Å². The second-order valence-corrected chi connectivity index (χ2v) is 3.52. The standard InChI is InChI=1S/C12H19NO3/c1-3-10(14)6-5-9-13-12(16)8-7-11(15)4-2/h4H,2-3,5-9H2,1H3,(H,13,16). The van der Waals surface area contributed by atoms with Crippen LogP contribution in [0.5, 0.6) is 0 Å². The molecule has 1 amide bonds. The summed E-state index contributed by atoms with van der Waals surface area (Å²) in [6.07, 6.45) is 3.31. The molecule has 16 heavy (non-hydrogen) atoms. The molecular weight excluding hydrogens is 206 g/mol. The molecule has 0 aliphatic carbocycles. The topological polar surface area (TPSA) is 63.2 Å². The molecule has 0 spiro atoms. The first-order chi connectivity index (χ1) is 7.60. The number of hydrogen-bond donors (Lipinski definition) is 1. The SMILES string of the molecule is C=CC(=O)CCC(=O)NCCCC(=O)CC. The largest absolute Gasteiger partial charge is 0.356 e. The lowest BCUT2D eigenvalue weighted by molar-refractivity contribution is -0.124. The molecule has 0 aliphatic heterocycles. The third kappa shape index (κ3) is 7.91. The second-order valence-electron chi connectivity index (χ2n) is 3.52. The van der Waals surface area contributed by atoms with Crippen molar-refractivity contribution < 1.29 is 14.4 Å². The summed E-state index contributed by atoms with van der Waals surface area (Å²) >= 11 is 0. The predicted octanol–water partition coefficient (Wildman–Crippen LogP) is 1.40. The monoisotopic (exact) mass is 225 g/mol. The number of hydrogen-bond acceptors (Lipinski definition) is 3. The molecule has 0 fully saturated rings. The van der Waals surface area contributed by atoms with Crippen molar-refractivity contribution in [2.24, 2.45) is 0 Å². The Kier molecular flexibility index (Phi) is 8.03. The lowest BCUT2D eigenvalue weighted by Gasteiger charge is -2.03. The smallest absolute Gasteiger partial charge is 0.220 e. The van der Waals surface area contributed by atoms with Crippen LogP contribution < -0.4 is 5.32 Å². The molecule has 0 aromatic rings. The molecule has 0 aromatic carbocycles. The fourth-order valence-corrected chi connectivity index (χ4v) is 1.12. The van der Waals surface area contributed by atoms with Gasteiger partial charge in [-0.3, -0.25) is 14.4 Å². The van der Waals surface area contributed by atoms with Crippen LogP contribution in [0.3, 0.4) is 0 Å². The number of carbonyl (C=O) groups is 3. The Hall–Kier alpha value is -1.45. The molecule has 4 nitrogen and oxygen atoms in total. The highest BCUT2D eigenvalue weighted by atomic mass is 16.2. The van der Waals surface area contributed by atoms with Crippen molar-refractivity contribution in [3.05, 3.63) is 12.7 Å². The minimum absolute atomic E-state index is 0.128. The predicted molar refractivity (Wildman–Crippen MR) is 62.0 cm³/mol. The van der Waals surface area contributed by atoms with Crippen LogP contribution in [-0.4, -0.2) is 24.0 Å². The van der Waals surface area contributed by atoms with E-state index >= 15 is 0 Å². The summed E-state index contributed by atoms with van der Waals surface area (Å²) in [5.41, 5.74) is 0. The fourth-order valence-electron chi connectivity index (χ4n) is 1.12. The van der Waals surface area contributed by atoms with Gasteiger partial charge in [-0.05, 0) is 12.5 Å². The van der Waals surface area contributed by atoms with Gasteiger partial charge in [0.15, 0.2) is 5.78 Å². The van der Waals surface area contributed by atoms with Crippen molar-refractivity contribution in [2.75, 3.05) is 6.54 Å². The molecule has 0 saturated heterocycles. The molecule has 0 radical (unpaired) electrons. The Morgan fingerprint density at radius 2 is 1.88 bits per heavy atom. The third-order valence-electron chi connectivity index (χ3n) is 2.18. The zero-order chi connectivity index (χ0) is 12.4. The van der Waals surface area contributed by atoms with Gasteiger partial charge < -0.3 is 5.32 Å². The minimum atomic E-state index is -0.154. The van der Waals surface area contributed by atoms with E-state index in [2.05, 4.69) is 11.9 Å². The van der Waals surface area contributed by atoms with Crippen LogP contribution >= 0.6 is 0 Å². The Morgan fingerprint density at radius 3 is 2.44 bits per heavy atom. The molecule has 0 unspecified atom stereocenters. The first-order valence-corrected chi connectivity index (χ1v) is 5.53. The summed E-state index contributed by atoms with van der Waals surface area (Å²) in [4.78, 5) is 33.0. The molecule has 1 N–H and O–H groups in total. The van der Waals surface area contributed by atoms with Gasteiger partial charge in [-0.25, -0.2) is 0 Å². The molecule has 0 heterocycles. The van der Waals surface area contributed by atoms with Crippen molar-refractivity contribution in [3.8, 4) is 0 Å². The number of rotatable bonds is 9. The average Bonchev–Trinajstić information content (AvgIpc) is 2.31. The number of ketones is 2. The molecule has 0 rings (SSSR count). The summed E-state index contributed by atoms with van der Waals surface area (Å²) in [5.74, 6) is -0.0773. The molecule has 0 aromatic heterocycles. The average molecular weight is 225 g/mol. The maximum Gasteiger partial charge on any atom is 0.220 e. The van der Waals surface area contributed by atoms with Crippen LogP contribution in [0.1, 0.15) is 39.0 Å². The summed E-state index contributed by atoms with van der Waals surface area (Å²) in [6.45, 7) is 5.64. The van der Waals surface area contributed by atoms with Crippen molar-refractivity contribution in [1.82, 2.24) is 5.32 Å². The van der Waals surface area contributed by atoms with Crippen LogP contribution in [0.2, 0.25) is 0 Å². The van der Waals surface area contributed by atoms with Gasteiger partial charge >= 0.3 is 0 Å². The minimum Gasteiger partial charge on any atom is -0.356 e. The lowest BCUT2D eigenvalue weighted by Crippen LogP contribution is -2.25. The molecule has 0 saturated carbocycles. The number of Topliss-reactive ketones (excluding diaryl/α,β-unsaturated/α-hetero) is 1. The molecule has 0 aliphatic rings. The van der Waals surface area contributed by atoms with Gasteiger partial charge in [0.05, 0.1) is 0 Å². The van der Waals surface area contributed by atoms with E-state index in [1.54, 1.807) is 0 Å². The van der Waals surface area contributed by atoms with Gasteiger partial charge in [0, 0.05) is 32.2 Å². The van der Waals surface area contributed by atoms with Gasteiger partial charge in [0.25, 0.3) is 0 Å². The normalized spacial score (nSPS) is 9.56. The van der Waals surface area contributed by atoms with Gasteiger partial charge in [-0.2, -0.15) is 0 Å². The van der Waals surface area contributed by atoms with Crippen LogP contribution in [0.15, 0.2) is 12.7 Å². The highest BCUT2D eigenvalue weighted by Crippen LogP contribution is 1.95. The summed E-state index contributed by atoms with van der Waals surface area (Å²) < 4.78 is 0. The molecule has 90 valence electrons. The van der Waals surface area contributed by atoms with Gasteiger partial charge in [0.2, 0.25) is 5.91 Å². The molecular formula is C12H19NO3. The van der Waals surface area contributed by atoms with Crippen LogP contribution in [0.25, 0.3) is 0 Å². The number of allylic oxidation sites excluding steroid dienone is 1. The van der Waals surface area contributed by atoms with E-state index < -0.39 is 0 Å². The van der Waals surface area contributed by atoms with E-state index in [0.29, 0.717) is 25.8 Å². The second kappa shape index (κ2) is 8.83. The van der Waals surface area contributed by atoms with Gasteiger partial charge in [-0.1, -0.05) is 13.5 Å². The number of nitrogens with one attached hydrogen (secondary N) is 1. The van der Waals surface area contributed by atoms with Crippen molar-refractivity contribution in [1.29, 1.82) is 0 Å². The van der Waals surface area contributed by atoms with Crippen molar-refractivity contribution in [2.45, 2.75) is 39.0 Å². The Morgan fingerprint density at radius 1 is 1.19 bits per heavy atom. The van der Waals surface area contributed by atoms with E-state index in [9.17, 15) is 14.4 Å². The van der Waals surface area contributed by atoms with Gasteiger partial charge in [0.1, 0.15) is 5.78 Å². The highest BCUT2D eigenvalue weighted by molar-refractivity contribution is 5.92. The first-order valence-electron chi connectivity index (χ1n) is 5.53. The maximum atomic E-state index is 11.2. The van der Waals surface area contributed by atoms with Crippen LogP contribution in [-0.2, 0) is 14.4 Å².